The lowest BCUT2D eigenvalue weighted by atomic mass is 10.2. The molecule has 3 rings (SSSR count). The number of rotatable bonds is 5. The molecule has 0 spiro atoms. The van der Waals surface area contributed by atoms with Gasteiger partial charge in [0.1, 0.15) is 11.5 Å². The van der Waals surface area contributed by atoms with Gasteiger partial charge in [-0.1, -0.05) is 24.3 Å². The average Bonchev–Trinajstić information content (AvgIpc) is 2.55. The van der Waals surface area contributed by atoms with Crippen molar-refractivity contribution in [3.05, 3.63) is 54.6 Å². The molecule has 1 aliphatic rings. The predicted octanol–water partition coefficient (Wildman–Crippen LogP) is 3.53. The zero-order chi connectivity index (χ0) is 17.6. The number of benzene rings is 2. The Morgan fingerprint density at radius 1 is 1.08 bits per heavy atom. The first kappa shape index (κ1) is 17.5. The van der Waals surface area contributed by atoms with Crippen molar-refractivity contribution in [1.29, 1.82) is 0 Å². The molecule has 132 valence electrons. The molecular weight excluding hydrogens is 316 g/mol. The fraction of sp³-hybridized carbons (Fsp3) is 0.350. The molecule has 5 heteroatoms. The van der Waals surface area contributed by atoms with Crippen molar-refractivity contribution in [2.45, 2.75) is 26.1 Å². The summed E-state index contributed by atoms with van der Waals surface area (Å²) in [6.45, 7) is 5.97. The van der Waals surface area contributed by atoms with E-state index in [9.17, 15) is 4.79 Å². The summed E-state index contributed by atoms with van der Waals surface area (Å²) in [5, 5.41) is 2.94. The van der Waals surface area contributed by atoms with Crippen molar-refractivity contribution >= 4 is 11.6 Å². The van der Waals surface area contributed by atoms with Crippen molar-refractivity contribution in [3.63, 3.8) is 0 Å². The summed E-state index contributed by atoms with van der Waals surface area (Å²) in [6.07, 6.45) is 0.304. The normalized spacial score (nSPS) is 20.9. The lowest BCUT2D eigenvalue weighted by molar-refractivity contribution is -0.121. The van der Waals surface area contributed by atoms with Gasteiger partial charge in [-0.15, -0.1) is 0 Å². The number of amides is 1. The number of hydrogen-bond donors (Lipinski definition) is 1. The van der Waals surface area contributed by atoms with Crippen molar-refractivity contribution < 1.29 is 14.3 Å². The third kappa shape index (κ3) is 5.31. The smallest absolute Gasteiger partial charge is 0.238 e. The molecule has 2 atom stereocenters. The van der Waals surface area contributed by atoms with Crippen LogP contribution in [0.3, 0.4) is 0 Å². The first-order chi connectivity index (χ1) is 12.1. The highest BCUT2D eigenvalue weighted by Gasteiger charge is 2.23. The molecular formula is C20H24N2O3. The monoisotopic (exact) mass is 340 g/mol. The van der Waals surface area contributed by atoms with Crippen molar-refractivity contribution in [2.75, 3.05) is 25.0 Å². The van der Waals surface area contributed by atoms with Crippen LogP contribution in [0.25, 0.3) is 0 Å². The Labute approximate surface area is 148 Å². The molecule has 0 unspecified atom stereocenters. The number of morpholine rings is 1. The zero-order valence-corrected chi connectivity index (χ0v) is 14.6. The second kappa shape index (κ2) is 8.14. The molecule has 1 heterocycles. The van der Waals surface area contributed by atoms with E-state index in [2.05, 4.69) is 10.2 Å². The maximum atomic E-state index is 12.3. The van der Waals surface area contributed by atoms with Crippen LogP contribution in [0.5, 0.6) is 11.5 Å². The Kier molecular flexibility index (Phi) is 5.68. The Bertz CT molecular complexity index is 695. The number of para-hydroxylation sites is 1. The van der Waals surface area contributed by atoms with Crippen LogP contribution in [-0.2, 0) is 9.53 Å². The molecule has 1 aliphatic heterocycles. The van der Waals surface area contributed by atoms with Gasteiger partial charge in [0, 0.05) is 24.8 Å². The van der Waals surface area contributed by atoms with E-state index < -0.39 is 0 Å². The van der Waals surface area contributed by atoms with Crippen LogP contribution in [0.1, 0.15) is 13.8 Å². The summed E-state index contributed by atoms with van der Waals surface area (Å²) in [5.41, 5.74) is 0.729. The lowest BCUT2D eigenvalue weighted by Gasteiger charge is -2.34. The van der Waals surface area contributed by atoms with Gasteiger partial charge in [0.25, 0.3) is 0 Å². The van der Waals surface area contributed by atoms with Gasteiger partial charge >= 0.3 is 0 Å². The van der Waals surface area contributed by atoms with Gasteiger partial charge in [-0.2, -0.15) is 0 Å². The van der Waals surface area contributed by atoms with Gasteiger partial charge in [0.15, 0.2) is 0 Å². The Hall–Kier alpha value is -2.37. The molecule has 2 aromatic rings. The molecule has 1 saturated heterocycles. The zero-order valence-electron chi connectivity index (χ0n) is 14.6. The minimum atomic E-state index is -0.0295. The molecule has 25 heavy (non-hydrogen) atoms. The summed E-state index contributed by atoms with van der Waals surface area (Å²) < 4.78 is 11.5. The van der Waals surface area contributed by atoms with E-state index in [0.29, 0.717) is 12.3 Å². The van der Waals surface area contributed by atoms with Gasteiger partial charge in [-0.25, -0.2) is 0 Å². The summed E-state index contributed by atoms with van der Waals surface area (Å²) in [4.78, 5) is 14.5. The van der Waals surface area contributed by atoms with E-state index in [1.807, 2.05) is 68.4 Å². The first-order valence-corrected chi connectivity index (χ1v) is 8.59. The van der Waals surface area contributed by atoms with E-state index in [1.165, 1.54) is 0 Å². The summed E-state index contributed by atoms with van der Waals surface area (Å²) >= 11 is 0. The molecule has 0 bridgehead atoms. The molecule has 1 fully saturated rings. The van der Waals surface area contributed by atoms with Gasteiger partial charge in [-0.05, 0) is 38.1 Å². The second-order valence-corrected chi connectivity index (χ2v) is 6.44. The van der Waals surface area contributed by atoms with Crippen LogP contribution in [0, 0.1) is 0 Å². The molecule has 0 saturated carbocycles. The van der Waals surface area contributed by atoms with E-state index >= 15 is 0 Å². The Balaban J connectivity index is 1.57. The van der Waals surface area contributed by atoms with Gasteiger partial charge in [0.05, 0.1) is 18.8 Å². The molecule has 5 nitrogen and oxygen atoms in total. The third-order valence-electron chi connectivity index (χ3n) is 3.96. The number of hydrogen-bond acceptors (Lipinski definition) is 4. The fourth-order valence-corrected chi connectivity index (χ4v) is 3.08. The minimum Gasteiger partial charge on any atom is -0.457 e. The maximum absolute atomic E-state index is 12.3. The van der Waals surface area contributed by atoms with E-state index in [-0.39, 0.29) is 18.1 Å². The average molecular weight is 340 g/mol. The van der Waals surface area contributed by atoms with Crippen LogP contribution in [0.4, 0.5) is 5.69 Å². The highest BCUT2D eigenvalue weighted by Crippen LogP contribution is 2.23. The quantitative estimate of drug-likeness (QED) is 0.905. The van der Waals surface area contributed by atoms with E-state index in [0.717, 1.165) is 24.5 Å². The highest BCUT2D eigenvalue weighted by molar-refractivity contribution is 5.92. The molecule has 0 radical (unpaired) electrons. The molecule has 2 aromatic carbocycles. The molecule has 0 aliphatic carbocycles. The van der Waals surface area contributed by atoms with Crippen molar-refractivity contribution in [2.24, 2.45) is 0 Å². The van der Waals surface area contributed by atoms with Crippen LogP contribution in [0.15, 0.2) is 54.6 Å². The van der Waals surface area contributed by atoms with E-state index in [1.54, 1.807) is 0 Å². The number of carbonyl (C=O) groups excluding carboxylic acids is 1. The molecule has 1 N–H and O–H groups in total. The van der Waals surface area contributed by atoms with Gasteiger partial charge < -0.3 is 14.8 Å². The Morgan fingerprint density at radius 3 is 2.48 bits per heavy atom. The molecule has 0 aromatic heterocycles. The highest BCUT2D eigenvalue weighted by atomic mass is 16.5. The summed E-state index contributed by atoms with van der Waals surface area (Å²) in [7, 11) is 0. The standard InChI is InChI=1S/C20H24N2O3/c1-15-12-22(13-16(2)24-15)14-20(23)21-17-7-6-10-19(11-17)25-18-8-4-3-5-9-18/h3-11,15-16H,12-14H2,1-2H3,(H,21,23)/t15-,16-/m0/s1. The molecule has 1 amide bonds. The van der Waals surface area contributed by atoms with E-state index in [4.69, 9.17) is 9.47 Å². The SMILES string of the molecule is C[C@H]1CN(CC(=O)Nc2cccc(Oc3ccccc3)c2)C[C@H](C)O1. The largest absolute Gasteiger partial charge is 0.457 e. The lowest BCUT2D eigenvalue weighted by Crippen LogP contribution is -2.48. The fourth-order valence-electron chi connectivity index (χ4n) is 3.08. The maximum Gasteiger partial charge on any atom is 0.238 e. The van der Waals surface area contributed by atoms with Crippen LogP contribution in [-0.4, -0.2) is 42.6 Å². The summed E-state index contributed by atoms with van der Waals surface area (Å²) in [5.74, 6) is 1.43. The van der Waals surface area contributed by atoms with Gasteiger partial charge in [-0.3, -0.25) is 9.69 Å². The van der Waals surface area contributed by atoms with Gasteiger partial charge in [0.2, 0.25) is 5.91 Å². The number of ether oxygens (including phenoxy) is 2. The number of nitrogens with one attached hydrogen (secondary N) is 1. The summed E-state index contributed by atoms with van der Waals surface area (Å²) in [6, 6.07) is 17.0. The van der Waals surface area contributed by atoms with Crippen LogP contribution < -0.4 is 10.1 Å². The van der Waals surface area contributed by atoms with Crippen LogP contribution in [0.2, 0.25) is 0 Å². The predicted molar refractivity (Wildman–Crippen MR) is 98.0 cm³/mol. The second-order valence-electron chi connectivity index (χ2n) is 6.44. The van der Waals surface area contributed by atoms with Crippen LogP contribution >= 0.6 is 0 Å². The third-order valence-corrected chi connectivity index (χ3v) is 3.96. The number of nitrogens with zero attached hydrogens (tertiary/aromatic N) is 1. The first-order valence-electron chi connectivity index (χ1n) is 8.59. The topological polar surface area (TPSA) is 50.8 Å². The number of carbonyl (C=O) groups is 1. The van der Waals surface area contributed by atoms with Crippen molar-refractivity contribution in [1.82, 2.24) is 4.90 Å². The van der Waals surface area contributed by atoms with Crippen molar-refractivity contribution in [3.8, 4) is 11.5 Å². The number of anilines is 1. The minimum absolute atomic E-state index is 0.0295. The Morgan fingerprint density at radius 2 is 1.76 bits per heavy atom.